The van der Waals surface area contributed by atoms with Crippen molar-refractivity contribution in [3.05, 3.63) is 35.9 Å². The van der Waals surface area contributed by atoms with E-state index in [0.29, 0.717) is 0 Å². The quantitative estimate of drug-likeness (QED) is 0.833. The number of hydrogen-bond acceptors (Lipinski definition) is 2. The molecule has 1 aromatic carbocycles. The lowest BCUT2D eigenvalue weighted by molar-refractivity contribution is 0.167. The van der Waals surface area contributed by atoms with E-state index in [1.165, 1.54) is 31.5 Å². The molecule has 2 heteroatoms. The zero-order valence-electron chi connectivity index (χ0n) is 10.2. The van der Waals surface area contributed by atoms with Gasteiger partial charge < -0.3 is 5.32 Å². The minimum atomic E-state index is 0.836. The highest BCUT2D eigenvalue weighted by atomic mass is 15.1. The van der Waals surface area contributed by atoms with Gasteiger partial charge in [-0.3, -0.25) is 4.90 Å². The van der Waals surface area contributed by atoms with Crippen molar-refractivity contribution in [2.75, 3.05) is 26.7 Å². The first-order chi connectivity index (χ1) is 7.88. The van der Waals surface area contributed by atoms with Crippen LogP contribution in [-0.4, -0.2) is 31.6 Å². The van der Waals surface area contributed by atoms with E-state index in [0.717, 1.165) is 19.0 Å². The van der Waals surface area contributed by atoms with Crippen LogP contribution in [0.2, 0.25) is 0 Å². The van der Waals surface area contributed by atoms with Crippen molar-refractivity contribution in [3.8, 4) is 0 Å². The number of piperidine rings is 1. The first kappa shape index (κ1) is 11.6. The molecule has 88 valence electrons. The van der Waals surface area contributed by atoms with Crippen LogP contribution >= 0.6 is 0 Å². The Labute approximate surface area is 98.7 Å². The van der Waals surface area contributed by atoms with Gasteiger partial charge in [0.2, 0.25) is 0 Å². The molecule has 1 fully saturated rings. The molecule has 0 saturated carbocycles. The van der Waals surface area contributed by atoms with E-state index in [9.17, 15) is 0 Å². The van der Waals surface area contributed by atoms with E-state index in [1.54, 1.807) is 0 Å². The van der Waals surface area contributed by atoms with E-state index >= 15 is 0 Å². The van der Waals surface area contributed by atoms with Crippen molar-refractivity contribution in [1.82, 2.24) is 10.2 Å². The van der Waals surface area contributed by atoms with E-state index in [2.05, 4.69) is 47.6 Å². The number of benzene rings is 1. The van der Waals surface area contributed by atoms with Gasteiger partial charge in [-0.1, -0.05) is 30.3 Å². The molecule has 1 N–H and O–H groups in total. The molecule has 1 heterocycles. The van der Waals surface area contributed by atoms with Crippen LogP contribution in [0.3, 0.4) is 0 Å². The van der Waals surface area contributed by atoms with Gasteiger partial charge >= 0.3 is 0 Å². The van der Waals surface area contributed by atoms with Gasteiger partial charge in [0, 0.05) is 13.1 Å². The first-order valence-corrected chi connectivity index (χ1v) is 6.29. The molecule has 0 bridgehead atoms. The summed E-state index contributed by atoms with van der Waals surface area (Å²) < 4.78 is 0. The molecule has 1 atom stereocenters. The molecular weight excluding hydrogens is 196 g/mol. The van der Waals surface area contributed by atoms with Crippen molar-refractivity contribution in [1.29, 1.82) is 0 Å². The van der Waals surface area contributed by atoms with Gasteiger partial charge in [0.1, 0.15) is 0 Å². The van der Waals surface area contributed by atoms with Gasteiger partial charge in [-0.15, -0.1) is 0 Å². The summed E-state index contributed by atoms with van der Waals surface area (Å²) in [6, 6.07) is 10.8. The van der Waals surface area contributed by atoms with E-state index in [-0.39, 0.29) is 0 Å². The first-order valence-electron chi connectivity index (χ1n) is 6.29. The highest BCUT2D eigenvalue weighted by Gasteiger charge is 2.18. The normalized spacial score (nSPS) is 22.2. The topological polar surface area (TPSA) is 15.3 Å². The monoisotopic (exact) mass is 218 g/mol. The maximum atomic E-state index is 3.30. The van der Waals surface area contributed by atoms with Crippen LogP contribution in [0.1, 0.15) is 18.4 Å². The average Bonchev–Trinajstić information content (AvgIpc) is 2.31. The molecule has 0 unspecified atom stereocenters. The molecule has 0 radical (unpaired) electrons. The van der Waals surface area contributed by atoms with Crippen molar-refractivity contribution in [2.45, 2.75) is 19.4 Å². The molecule has 2 nitrogen and oxygen atoms in total. The van der Waals surface area contributed by atoms with Crippen LogP contribution in [0.5, 0.6) is 0 Å². The van der Waals surface area contributed by atoms with Crippen LogP contribution in [0.15, 0.2) is 30.3 Å². The van der Waals surface area contributed by atoms with Crippen LogP contribution in [0, 0.1) is 5.92 Å². The molecule has 1 aromatic rings. The third-order valence-electron chi connectivity index (χ3n) is 3.34. The summed E-state index contributed by atoms with van der Waals surface area (Å²) in [5, 5.41) is 3.30. The van der Waals surface area contributed by atoms with Crippen LogP contribution in [0.25, 0.3) is 0 Å². The van der Waals surface area contributed by atoms with Crippen molar-refractivity contribution in [2.24, 2.45) is 5.92 Å². The smallest absolute Gasteiger partial charge is 0.0233 e. The van der Waals surface area contributed by atoms with Crippen LogP contribution in [0.4, 0.5) is 0 Å². The molecule has 1 saturated heterocycles. The second-order valence-corrected chi connectivity index (χ2v) is 4.79. The maximum Gasteiger partial charge on any atom is 0.0233 e. The Balaban J connectivity index is 1.85. The summed E-state index contributed by atoms with van der Waals surface area (Å²) in [7, 11) is 2.05. The average molecular weight is 218 g/mol. The second-order valence-electron chi connectivity index (χ2n) is 4.79. The standard InChI is InChI=1S/C14H22N2/c1-15-10-14-8-5-9-16(12-14)11-13-6-3-2-4-7-13/h2-4,6-7,14-15H,5,8-12H2,1H3/t14-/m1/s1. The second kappa shape index (κ2) is 6.02. The molecule has 0 spiro atoms. The SMILES string of the molecule is CNC[C@H]1CCCN(Cc2ccccc2)C1. The van der Waals surface area contributed by atoms with Gasteiger partial charge in [0.05, 0.1) is 0 Å². The number of nitrogens with zero attached hydrogens (tertiary/aromatic N) is 1. The maximum absolute atomic E-state index is 3.30. The summed E-state index contributed by atoms with van der Waals surface area (Å²) in [5.74, 6) is 0.836. The summed E-state index contributed by atoms with van der Waals surface area (Å²) in [6.07, 6.45) is 2.73. The van der Waals surface area contributed by atoms with E-state index < -0.39 is 0 Å². The fraction of sp³-hybridized carbons (Fsp3) is 0.571. The fourth-order valence-corrected chi connectivity index (χ4v) is 2.59. The summed E-state index contributed by atoms with van der Waals surface area (Å²) in [6.45, 7) is 4.77. The van der Waals surface area contributed by atoms with Crippen molar-refractivity contribution < 1.29 is 0 Å². The molecule has 16 heavy (non-hydrogen) atoms. The Morgan fingerprint density at radius 2 is 2.12 bits per heavy atom. The van der Waals surface area contributed by atoms with Gasteiger partial charge in [-0.05, 0) is 44.5 Å². The number of rotatable bonds is 4. The zero-order chi connectivity index (χ0) is 11.2. The lowest BCUT2D eigenvalue weighted by atomic mass is 9.97. The van der Waals surface area contributed by atoms with Gasteiger partial charge in [-0.25, -0.2) is 0 Å². The van der Waals surface area contributed by atoms with E-state index in [1.807, 2.05) is 0 Å². The Morgan fingerprint density at radius 3 is 2.88 bits per heavy atom. The van der Waals surface area contributed by atoms with Gasteiger partial charge in [0.25, 0.3) is 0 Å². The Hall–Kier alpha value is -0.860. The molecule has 1 aliphatic rings. The predicted molar refractivity (Wildman–Crippen MR) is 68.4 cm³/mol. The number of hydrogen-bond donors (Lipinski definition) is 1. The lowest BCUT2D eigenvalue weighted by Gasteiger charge is -2.32. The fourth-order valence-electron chi connectivity index (χ4n) is 2.59. The summed E-state index contributed by atoms with van der Waals surface area (Å²) >= 11 is 0. The molecule has 0 amide bonds. The zero-order valence-corrected chi connectivity index (χ0v) is 10.2. The number of likely N-dealkylation sites (tertiary alicyclic amines) is 1. The van der Waals surface area contributed by atoms with Crippen molar-refractivity contribution >= 4 is 0 Å². The van der Waals surface area contributed by atoms with Gasteiger partial charge in [-0.2, -0.15) is 0 Å². The largest absolute Gasteiger partial charge is 0.319 e. The molecule has 2 rings (SSSR count). The molecule has 1 aliphatic heterocycles. The highest BCUT2D eigenvalue weighted by Crippen LogP contribution is 2.17. The molecule has 0 aliphatic carbocycles. The minimum absolute atomic E-state index is 0.836. The van der Waals surface area contributed by atoms with Crippen molar-refractivity contribution in [3.63, 3.8) is 0 Å². The Kier molecular flexibility index (Phi) is 4.37. The Bertz CT molecular complexity index is 295. The highest BCUT2D eigenvalue weighted by molar-refractivity contribution is 5.14. The number of nitrogens with one attached hydrogen (secondary N) is 1. The van der Waals surface area contributed by atoms with Gasteiger partial charge in [0.15, 0.2) is 0 Å². The predicted octanol–water partition coefficient (Wildman–Crippen LogP) is 2.12. The summed E-state index contributed by atoms with van der Waals surface area (Å²) in [4.78, 5) is 2.58. The minimum Gasteiger partial charge on any atom is -0.319 e. The molecule has 0 aromatic heterocycles. The third kappa shape index (κ3) is 3.32. The Morgan fingerprint density at radius 1 is 1.31 bits per heavy atom. The summed E-state index contributed by atoms with van der Waals surface area (Å²) in [5.41, 5.74) is 1.44. The van der Waals surface area contributed by atoms with E-state index in [4.69, 9.17) is 0 Å². The lowest BCUT2D eigenvalue weighted by Crippen LogP contribution is -2.38. The molecular formula is C14H22N2. The van der Waals surface area contributed by atoms with Crippen LogP contribution in [-0.2, 0) is 6.54 Å². The van der Waals surface area contributed by atoms with Crippen LogP contribution < -0.4 is 5.32 Å². The third-order valence-corrected chi connectivity index (χ3v) is 3.34.